The summed E-state index contributed by atoms with van der Waals surface area (Å²) in [5.41, 5.74) is 2.37. The van der Waals surface area contributed by atoms with E-state index in [9.17, 15) is 19.8 Å². The van der Waals surface area contributed by atoms with Gasteiger partial charge in [0.05, 0.1) is 11.3 Å². The van der Waals surface area contributed by atoms with E-state index in [1.165, 1.54) is 15.5 Å². The van der Waals surface area contributed by atoms with Crippen LogP contribution in [0.3, 0.4) is 0 Å². The highest BCUT2D eigenvalue weighted by Gasteiger charge is 2.20. The molecule has 0 atom stereocenters. The molecule has 11 heteroatoms. The van der Waals surface area contributed by atoms with Gasteiger partial charge in [0.15, 0.2) is 5.82 Å². The van der Waals surface area contributed by atoms with Gasteiger partial charge in [0.1, 0.15) is 11.5 Å². The summed E-state index contributed by atoms with van der Waals surface area (Å²) in [4.78, 5) is 29.7. The molecule has 1 amide bonds. The van der Waals surface area contributed by atoms with Gasteiger partial charge in [-0.05, 0) is 54.6 Å². The van der Waals surface area contributed by atoms with E-state index in [1.807, 2.05) is 38.1 Å². The number of carbonyl (C=O) groups is 1. The summed E-state index contributed by atoms with van der Waals surface area (Å²) in [5, 5.41) is 36.3. The topological polar surface area (TPSA) is 138 Å². The molecule has 4 rings (SSSR count). The van der Waals surface area contributed by atoms with Gasteiger partial charge >= 0.3 is 11.8 Å². The molecule has 4 N–H and O–H groups in total. The van der Waals surface area contributed by atoms with Crippen LogP contribution in [0.1, 0.15) is 43.7 Å². The lowest BCUT2D eigenvalue weighted by atomic mass is 9.98. The molecule has 3 aromatic rings. The number of hydrogen-bond acceptors (Lipinski definition) is 7. The number of rotatable bonds is 10. The van der Waals surface area contributed by atoms with E-state index >= 15 is 0 Å². The molecule has 11 nitrogen and oxygen atoms in total. The van der Waals surface area contributed by atoms with Crippen LogP contribution in [0.25, 0.3) is 17.1 Å². The number of benzene rings is 2. The van der Waals surface area contributed by atoms with E-state index in [1.54, 1.807) is 13.1 Å². The summed E-state index contributed by atoms with van der Waals surface area (Å²) in [6.45, 7) is 10.1. The van der Waals surface area contributed by atoms with Crippen molar-refractivity contribution in [2.75, 3.05) is 46.3 Å². The Kier molecular flexibility index (Phi) is 8.93. The highest BCUT2D eigenvalue weighted by molar-refractivity contribution is 5.69. The van der Waals surface area contributed by atoms with Crippen LogP contribution in [0.4, 0.5) is 4.79 Å². The molecule has 0 spiro atoms. The first-order chi connectivity index (χ1) is 18.6. The maximum atomic E-state index is 12.7. The molecule has 0 bridgehead atoms. The Morgan fingerprint density at radius 1 is 1.03 bits per heavy atom. The molecule has 2 heterocycles. The lowest BCUT2D eigenvalue weighted by Crippen LogP contribution is -2.46. The van der Waals surface area contributed by atoms with Gasteiger partial charge in [-0.1, -0.05) is 26.0 Å². The van der Waals surface area contributed by atoms with Crippen molar-refractivity contribution in [2.24, 2.45) is 0 Å². The van der Waals surface area contributed by atoms with E-state index in [0.717, 1.165) is 57.7 Å². The number of nitrogens with one attached hydrogen (secondary N) is 1. The standard InChI is InChI=1S/C28H38N6O5/c1-19(2)22-16-23(25(36)17-24(22)35)26-29-30-27(37)34(26)21-8-6-20(7-9-21)18-33-14-12-32(13-15-33)11-5-4-10-31(3)28(38)39/h6-9,16-17,19,35-36H,4-5,10-15,18H2,1-3H3,(H,30,37)(H,38,39). The number of unbranched alkanes of at least 4 members (excludes halogenated alkanes) is 1. The van der Waals surface area contributed by atoms with E-state index in [2.05, 4.69) is 20.0 Å². The number of aromatic amines is 1. The average Bonchev–Trinajstić information content (AvgIpc) is 3.28. The first-order valence-corrected chi connectivity index (χ1v) is 13.4. The summed E-state index contributed by atoms with van der Waals surface area (Å²) in [6.07, 6.45) is 0.961. The number of piperazine rings is 1. The molecule has 0 unspecified atom stereocenters. The van der Waals surface area contributed by atoms with E-state index in [0.29, 0.717) is 23.4 Å². The van der Waals surface area contributed by atoms with Gasteiger partial charge in [0.25, 0.3) is 0 Å². The second-order valence-electron chi connectivity index (χ2n) is 10.5. The molecule has 1 aliphatic heterocycles. The molecule has 0 saturated carbocycles. The maximum absolute atomic E-state index is 12.7. The number of aromatic hydroxyl groups is 2. The minimum Gasteiger partial charge on any atom is -0.508 e. The molecule has 0 aliphatic carbocycles. The van der Waals surface area contributed by atoms with Crippen LogP contribution < -0.4 is 5.69 Å². The van der Waals surface area contributed by atoms with Gasteiger partial charge in [0, 0.05) is 52.4 Å². The summed E-state index contributed by atoms with van der Waals surface area (Å²) in [5.74, 6) is 0.151. The molecule has 1 fully saturated rings. The number of hydrogen-bond donors (Lipinski definition) is 4. The molecule has 210 valence electrons. The zero-order valence-corrected chi connectivity index (χ0v) is 22.8. The molecule has 1 aromatic heterocycles. The van der Waals surface area contributed by atoms with Crippen molar-refractivity contribution < 1.29 is 20.1 Å². The third-order valence-corrected chi connectivity index (χ3v) is 7.29. The van der Waals surface area contributed by atoms with E-state index in [4.69, 9.17) is 5.11 Å². The van der Waals surface area contributed by atoms with Crippen LogP contribution in [0.5, 0.6) is 11.5 Å². The normalized spacial score (nSPS) is 14.7. The highest BCUT2D eigenvalue weighted by atomic mass is 16.4. The summed E-state index contributed by atoms with van der Waals surface area (Å²) in [7, 11) is 1.60. The smallest absolute Gasteiger partial charge is 0.407 e. The fourth-order valence-corrected chi connectivity index (χ4v) is 4.91. The largest absolute Gasteiger partial charge is 0.508 e. The predicted octanol–water partition coefficient (Wildman–Crippen LogP) is 3.27. The second-order valence-corrected chi connectivity index (χ2v) is 10.5. The molecular weight excluding hydrogens is 500 g/mol. The number of nitrogens with zero attached hydrogens (tertiary/aromatic N) is 5. The Labute approximate surface area is 227 Å². The third kappa shape index (κ3) is 6.79. The first kappa shape index (κ1) is 28.2. The Morgan fingerprint density at radius 2 is 1.69 bits per heavy atom. The Morgan fingerprint density at radius 3 is 2.33 bits per heavy atom. The van der Waals surface area contributed by atoms with Gasteiger partial charge in [-0.15, -0.1) is 0 Å². The van der Waals surface area contributed by atoms with Crippen molar-refractivity contribution >= 4 is 6.09 Å². The van der Waals surface area contributed by atoms with Crippen molar-refractivity contribution in [3.8, 4) is 28.6 Å². The minimum absolute atomic E-state index is 0.00411. The first-order valence-electron chi connectivity index (χ1n) is 13.4. The monoisotopic (exact) mass is 538 g/mol. The van der Waals surface area contributed by atoms with Crippen LogP contribution in [-0.2, 0) is 6.54 Å². The molecule has 39 heavy (non-hydrogen) atoms. The van der Waals surface area contributed by atoms with Crippen molar-refractivity contribution in [2.45, 2.75) is 39.2 Å². The van der Waals surface area contributed by atoms with Crippen LogP contribution in [-0.4, -0.2) is 97.2 Å². The van der Waals surface area contributed by atoms with Gasteiger partial charge in [-0.25, -0.2) is 19.3 Å². The van der Waals surface area contributed by atoms with Crippen LogP contribution in [0, 0.1) is 0 Å². The van der Waals surface area contributed by atoms with E-state index < -0.39 is 11.8 Å². The minimum atomic E-state index is -0.884. The summed E-state index contributed by atoms with van der Waals surface area (Å²) < 4.78 is 1.42. The number of H-pyrrole nitrogens is 1. The quantitative estimate of drug-likeness (QED) is 0.289. The lowest BCUT2D eigenvalue weighted by molar-refractivity contribution is 0.124. The second kappa shape index (κ2) is 12.4. The van der Waals surface area contributed by atoms with Crippen LogP contribution >= 0.6 is 0 Å². The zero-order valence-electron chi connectivity index (χ0n) is 22.8. The van der Waals surface area contributed by atoms with Crippen molar-refractivity contribution in [1.29, 1.82) is 0 Å². The summed E-state index contributed by atoms with van der Waals surface area (Å²) in [6, 6.07) is 10.7. The van der Waals surface area contributed by atoms with Gasteiger partial charge < -0.3 is 25.1 Å². The predicted molar refractivity (Wildman–Crippen MR) is 149 cm³/mol. The molecular formula is C28H38N6O5. The molecule has 0 radical (unpaired) electrons. The lowest BCUT2D eigenvalue weighted by Gasteiger charge is -2.34. The number of amides is 1. The SMILES string of the molecule is CC(C)c1cc(-c2n[nH]c(=O)n2-c2ccc(CN3CCN(CCCCN(C)C(=O)O)CC3)cc2)c(O)cc1O. The fourth-order valence-electron chi connectivity index (χ4n) is 4.91. The van der Waals surface area contributed by atoms with Crippen molar-refractivity contribution in [3.63, 3.8) is 0 Å². The molecule has 1 aliphatic rings. The number of phenols is 2. The Hall–Kier alpha value is -3.83. The van der Waals surface area contributed by atoms with Crippen molar-refractivity contribution in [3.05, 3.63) is 58.0 Å². The van der Waals surface area contributed by atoms with Crippen molar-refractivity contribution in [1.82, 2.24) is 29.5 Å². The van der Waals surface area contributed by atoms with E-state index in [-0.39, 0.29) is 23.2 Å². The van der Waals surface area contributed by atoms with Gasteiger partial charge in [-0.3, -0.25) is 4.90 Å². The van der Waals surface area contributed by atoms with Crippen LogP contribution in [0.15, 0.2) is 41.2 Å². The zero-order chi connectivity index (χ0) is 28.1. The highest BCUT2D eigenvalue weighted by Crippen LogP contribution is 2.37. The number of aromatic nitrogens is 3. The Bertz CT molecular complexity index is 1330. The Balaban J connectivity index is 1.37. The summed E-state index contributed by atoms with van der Waals surface area (Å²) >= 11 is 0. The van der Waals surface area contributed by atoms with Crippen LogP contribution in [0.2, 0.25) is 0 Å². The van der Waals surface area contributed by atoms with Gasteiger partial charge in [-0.2, -0.15) is 5.10 Å². The fraction of sp³-hybridized carbons (Fsp3) is 0.464. The molecule has 1 saturated heterocycles. The average molecular weight is 539 g/mol. The number of phenolic OH excluding ortho intramolecular Hbond substituents is 2. The number of carboxylic acid groups (broad SMARTS) is 1. The van der Waals surface area contributed by atoms with Gasteiger partial charge in [0.2, 0.25) is 0 Å². The molecule has 2 aromatic carbocycles. The maximum Gasteiger partial charge on any atom is 0.407 e. The third-order valence-electron chi connectivity index (χ3n) is 7.29.